The first-order valence-electron chi connectivity index (χ1n) is 4.85. The standard InChI is InChI=1S/C10H10F5NO2/c11-9(12)8(17)6-1-2-16-7(3-6)4-18-5-10(13,14)15/h1-3,8-9,17H,4-5H2/t8-/m0/s1. The van der Waals surface area contributed by atoms with Crippen molar-refractivity contribution < 1.29 is 31.8 Å². The van der Waals surface area contributed by atoms with Crippen LogP contribution >= 0.6 is 0 Å². The second-order valence-electron chi connectivity index (χ2n) is 3.47. The highest BCUT2D eigenvalue weighted by molar-refractivity contribution is 5.18. The lowest BCUT2D eigenvalue weighted by Crippen LogP contribution is -2.17. The maximum Gasteiger partial charge on any atom is 0.411 e. The number of aliphatic hydroxyl groups excluding tert-OH is 1. The Morgan fingerprint density at radius 3 is 2.56 bits per heavy atom. The van der Waals surface area contributed by atoms with E-state index in [1.165, 1.54) is 0 Å². The van der Waals surface area contributed by atoms with Crippen molar-refractivity contribution in [1.29, 1.82) is 0 Å². The van der Waals surface area contributed by atoms with E-state index in [4.69, 9.17) is 5.11 Å². The summed E-state index contributed by atoms with van der Waals surface area (Å²) in [5, 5.41) is 9.08. The Morgan fingerprint density at radius 2 is 2.00 bits per heavy atom. The number of ether oxygens (including phenoxy) is 1. The highest BCUT2D eigenvalue weighted by Gasteiger charge is 2.27. The number of hydrogen-bond donors (Lipinski definition) is 1. The Hall–Kier alpha value is -1.28. The molecule has 0 unspecified atom stereocenters. The van der Waals surface area contributed by atoms with Gasteiger partial charge in [-0.2, -0.15) is 13.2 Å². The average Bonchev–Trinajstić information content (AvgIpc) is 2.26. The van der Waals surface area contributed by atoms with Gasteiger partial charge in [0, 0.05) is 6.20 Å². The third kappa shape index (κ3) is 4.92. The van der Waals surface area contributed by atoms with Crippen LogP contribution in [0, 0.1) is 0 Å². The number of aromatic nitrogens is 1. The zero-order chi connectivity index (χ0) is 13.8. The smallest absolute Gasteiger partial charge is 0.382 e. The monoisotopic (exact) mass is 271 g/mol. The van der Waals surface area contributed by atoms with Crippen LogP contribution in [0.5, 0.6) is 0 Å². The maximum absolute atomic E-state index is 12.2. The van der Waals surface area contributed by atoms with Gasteiger partial charge < -0.3 is 9.84 Å². The SMILES string of the molecule is O[C@@H](c1ccnc(COCC(F)(F)F)c1)C(F)F. The fourth-order valence-corrected chi connectivity index (χ4v) is 1.18. The summed E-state index contributed by atoms with van der Waals surface area (Å²) in [6, 6.07) is 2.23. The Balaban J connectivity index is 2.60. The molecule has 0 fully saturated rings. The molecule has 1 heterocycles. The third-order valence-corrected chi connectivity index (χ3v) is 1.94. The molecule has 8 heteroatoms. The van der Waals surface area contributed by atoms with Gasteiger partial charge in [-0.05, 0) is 17.7 Å². The predicted molar refractivity (Wildman–Crippen MR) is 50.9 cm³/mol. The first-order valence-corrected chi connectivity index (χ1v) is 4.85. The first kappa shape index (κ1) is 14.8. The number of halogens is 5. The molecule has 0 amide bonds. The lowest BCUT2D eigenvalue weighted by molar-refractivity contribution is -0.176. The van der Waals surface area contributed by atoms with Gasteiger partial charge in [0.1, 0.15) is 12.7 Å². The second-order valence-corrected chi connectivity index (χ2v) is 3.47. The summed E-state index contributed by atoms with van der Waals surface area (Å²) in [5.41, 5.74) is -0.0814. The molecule has 1 atom stereocenters. The molecule has 1 N–H and O–H groups in total. The van der Waals surface area contributed by atoms with Gasteiger partial charge in [0.05, 0.1) is 12.3 Å². The molecule has 0 aliphatic heterocycles. The van der Waals surface area contributed by atoms with Gasteiger partial charge in [-0.1, -0.05) is 0 Å². The van der Waals surface area contributed by atoms with Crippen molar-refractivity contribution in [2.45, 2.75) is 25.3 Å². The summed E-state index contributed by atoms with van der Waals surface area (Å²) in [4.78, 5) is 3.65. The molecule has 3 nitrogen and oxygen atoms in total. The lowest BCUT2D eigenvalue weighted by atomic mass is 10.1. The maximum atomic E-state index is 12.2. The zero-order valence-corrected chi connectivity index (χ0v) is 8.99. The summed E-state index contributed by atoms with van der Waals surface area (Å²) in [5.74, 6) is 0. The van der Waals surface area contributed by atoms with Gasteiger partial charge in [-0.15, -0.1) is 0 Å². The molecule has 18 heavy (non-hydrogen) atoms. The van der Waals surface area contributed by atoms with Gasteiger partial charge in [-0.25, -0.2) is 8.78 Å². The van der Waals surface area contributed by atoms with Crippen LogP contribution in [0.15, 0.2) is 18.3 Å². The number of nitrogens with zero attached hydrogens (tertiary/aromatic N) is 1. The van der Waals surface area contributed by atoms with E-state index in [1.54, 1.807) is 0 Å². The summed E-state index contributed by atoms with van der Waals surface area (Å²) < 4.78 is 64.1. The van der Waals surface area contributed by atoms with Gasteiger partial charge in [0.25, 0.3) is 6.43 Å². The zero-order valence-electron chi connectivity index (χ0n) is 8.99. The van der Waals surface area contributed by atoms with Crippen LogP contribution in [0.3, 0.4) is 0 Å². The number of aliphatic hydroxyl groups is 1. The molecule has 0 bridgehead atoms. The Morgan fingerprint density at radius 1 is 1.33 bits per heavy atom. The van der Waals surface area contributed by atoms with E-state index < -0.39 is 31.9 Å². The van der Waals surface area contributed by atoms with E-state index in [1.807, 2.05) is 0 Å². The van der Waals surface area contributed by atoms with E-state index in [9.17, 15) is 22.0 Å². The van der Waals surface area contributed by atoms with Crippen LogP contribution in [0.4, 0.5) is 22.0 Å². The van der Waals surface area contributed by atoms with Gasteiger partial charge in [0.2, 0.25) is 0 Å². The van der Waals surface area contributed by atoms with Gasteiger partial charge >= 0.3 is 6.18 Å². The fourth-order valence-electron chi connectivity index (χ4n) is 1.18. The van der Waals surface area contributed by atoms with Crippen molar-refractivity contribution in [3.63, 3.8) is 0 Å². The molecule has 0 spiro atoms. The summed E-state index contributed by atoms with van der Waals surface area (Å²) in [6.45, 7) is -1.92. The van der Waals surface area contributed by atoms with Crippen LogP contribution in [0.2, 0.25) is 0 Å². The molecular formula is C10H10F5NO2. The van der Waals surface area contributed by atoms with E-state index in [0.29, 0.717) is 0 Å². The molecule has 0 aliphatic rings. The first-order chi connectivity index (χ1) is 8.29. The average molecular weight is 271 g/mol. The summed E-state index contributed by atoms with van der Waals surface area (Å²) in [7, 11) is 0. The van der Waals surface area contributed by atoms with Crippen LogP contribution in [0.1, 0.15) is 17.4 Å². The van der Waals surface area contributed by atoms with Crippen molar-refractivity contribution in [3.8, 4) is 0 Å². The highest BCUT2D eigenvalue weighted by Crippen LogP contribution is 2.21. The summed E-state index contributed by atoms with van der Waals surface area (Å²) >= 11 is 0. The fraction of sp³-hybridized carbons (Fsp3) is 0.500. The van der Waals surface area contributed by atoms with Crippen molar-refractivity contribution in [2.75, 3.05) is 6.61 Å². The van der Waals surface area contributed by atoms with E-state index in [-0.39, 0.29) is 11.3 Å². The number of pyridine rings is 1. The number of hydrogen-bond acceptors (Lipinski definition) is 3. The molecule has 0 saturated heterocycles. The predicted octanol–water partition coefficient (Wildman–Crippen LogP) is 2.46. The minimum atomic E-state index is -4.46. The minimum Gasteiger partial charge on any atom is -0.382 e. The molecular weight excluding hydrogens is 261 g/mol. The normalized spacial score (nSPS) is 13.9. The van der Waals surface area contributed by atoms with Gasteiger partial charge in [0.15, 0.2) is 0 Å². The topological polar surface area (TPSA) is 42.4 Å². The lowest BCUT2D eigenvalue weighted by Gasteiger charge is -2.11. The molecule has 1 rings (SSSR count). The van der Waals surface area contributed by atoms with Crippen molar-refractivity contribution in [3.05, 3.63) is 29.6 Å². The van der Waals surface area contributed by atoms with Gasteiger partial charge in [-0.3, -0.25) is 4.98 Å². The number of rotatable bonds is 5. The molecule has 1 aromatic heterocycles. The third-order valence-electron chi connectivity index (χ3n) is 1.94. The Bertz CT molecular complexity index is 383. The Kier molecular flexibility index (Phi) is 4.97. The van der Waals surface area contributed by atoms with Crippen molar-refractivity contribution in [1.82, 2.24) is 4.98 Å². The molecule has 1 aromatic rings. The number of alkyl halides is 5. The molecule has 0 radical (unpaired) electrons. The van der Waals surface area contributed by atoms with Crippen LogP contribution in [-0.2, 0) is 11.3 Å². The summed E-state index contributed by atoms with van der Waals surface area (Å²) in [6.07, 6.45) is -8.31. The van der Waals surface area contributed by atoms with E-state index >= 15 is 0 Å². The molecule has 0 aromatic carbocycles. The minimum absolute atomic E-state index is 0.0384. The van der Waals surface area contributed by atoms with E-state index in [0.717, 1.165) is 18.3 Å². The van der Waals surface area contributed by atoms with Crippen molar-refractivity contribution in [2.24, 2.45) is 0 Å². The largest absolute Gasteiger partial charge is 0.411 e. The molecule has 0 aliphatic carbocycles. The Labute approximate surface area is 99.2 Å². The van der Waals surface area contributed by atoms with Crippen LogP contribution in [-0.4, -0.2) is 29.3 Å². The van der Waals surface area contributed by atoms with Crippen molar-refractivity contribution >= 4 is 0 Å². The second kappa shape index (κ2) is 6.05. The quantitative estimate of drug-likeness (QED) is 0.836. The molecule has 0 saturated carbocycles. The van der Waals surface area contributed by atoms with Crippen LogP contribution in [0.25, 0.3) is 0 Å². The van der Waals surface area contributed by atoms with Crippen LogP contribution < -0.4 is 0 Å². The van der Waals surface area contributed by atoms with E-state index in [2.05, 4.69) is 9.72 Å². The molecule has 102 valence electrons. The highest BCUT2D eigenvalue weighted by atomic mass is 19.4.